The molecular formula is C17H16BrNO3S. The number of benzene rings is 2. The third-order valence-electron chi connectivity index (χ3n) is 3.98. The van der Waals surface area contributed by atoms with Gasteiger partial charge in [-0.25, -0.2) is 8.42 Å². The van der Waals surface area contributed by atoms with Crippen molar-refractivity contribution in [2.24, 2.45) is 0 Å². The quantitative estimate of drug-likeness (QED) is 0.801. The number of carbonyl (C=O) groups is 1. The van der Waals surface area contributed by atoms with Gasteiger partial charge in [-0.05, 0) is 36.8 Å². The molecule has 0 saturated carbocycles. The molecule has 1 aliphatic heterocycles. The topological polar surface area (TPSA) is 54.5 Å². The molecule has 23 heavy (non-hydrogen) atoms. The molecular weight excluding hydrogens is 378 g/mol. The molecule has 0 aliphatic carbocycles. The molecule has 1 atom stereocenters. The lowest BCUT2D eigenvalue weighted by molar-refractivity contribution is -0.119. The molecule has 1 heterocycles. The van der Waals surface area contributed by atoms with E-state index in [1.165, 1.54) is 4.31 Å². The summed E-state index contributed by atoms with van der Waals surface area (Å²) < 4.78 is 28.0. The van der Waals surface area contributed by atoms with Crippen molar-refractivity contribution in [2.45, 2.75) is 24.3 Å². The van der Waals surface area contributed by atoms with Crippen molar-refractivity contribution in [1.29, 1.82) is 0 Å². The van der Waals surface area contributed by atoms with Crippen molar-refractivity contribution in [3.63, 3.8) is 0 Å². The molecule has 4 nitrogen and oxygen atoms in total. The molecule has 2 aromatic carbocycles. The van der Waals surface area contributed by atoms with E-state index >= 15 is 0 Å². The normalized spacial score (nSPS) is 19.2. The Morgan fingerprint density at radius 1 is 1.04 bits per heavy atom. The van der Waals surface area contributed by atoms with Gasteiger partial charge in [0.15, 0.2) is 5.78 Å². The Morgan fingerprint density at radius 3 is 2.26 bits per heavy atom. The van der Waals surface area contributed by atoms with Crippen molar-refractivity contribution < 1.29 is 13.2 Å². The monoisotopic (exact) mass is 393 g/mol. The van der Waals surface area contributed by atoms with E-state index in [1.807, 2.05) is 19.1 Å². The maximum absolute atomic E-state index is 12.9. The average molecular weight is 394 g/mol. The highest BCUT2D eigenvalue weighted by molar-refractivity contribution is 9.10. The Morgan fingerprint density at radius 2 is 1.65 bits per heavy atom. The van der Waals surface area contributed by atoms with Crippen LogP contribution in [0.3, 0.4) is 0 Å². The minimum atomic E-state index is -3.70. The second-order valence-corrected chi connectivity index (χ2v) is 8.41. The van der Waals surface area contributed by atoms with Crippen LogP contribution in [-0.4, -0.2) is 25.1 Å². The molecule has 0 aromatic heterocycles. The largest absolute Gasteiger partial charge is 0.297 e. The summed E-state index contributed by atoms with van der Waals surface area (Å²) in [4.78, 5) is 12.5. The number of carbonyl (C=O) groups excluding carboxylic acids is 1. The summed E-state index contributed by atoms with van der Waals surface area (Å²) in [5, 5.41) is 0. The maximum Gasteiger partial charge on any atom is 0.244 e. The van der Waals surface area contributed by atoms with Crippen LogP contribution in [-0.2, 0) is 14.8 Å². The Hall–Kier alpha value is -1.50. The van der Waals surface area contributed by atoms with Gasteiger partial charge in [-0.3, -0.25) is 4.79 Å². The molecule has 0 amide bonds. The number of sulfonamides is 1. The number of Topliss-reactive ketones (excluding diaryl/α,β-unsaturated/α-hetero) is 1. The highest BCUT2D eigenvalue weighted by atomic mass is 79.9. The van der Waals surface area contributed by atoms with Crippen LogP contribution in [0.1, 0.15) is 23.6 Å². The van der Waals surface area contributed by atoms with Crippen molar-refractivity contribution in [2.75, 3.05) is 6.54 Å². The lowest BCUT2D eigenvalue weighted by Gasteiger charge is -2.23. The fraction of sp³-hybridized carbons (Fsp3) is 0.235. The van der Waals surface area contributed by atoms with Gasteiger partial charge >= 0.3 is 0 Å². The number of ketones is 1. The van der Waals surface area contributed by atoms with Crippen LogP contribution >= 0.6 is 15.9 Å². The number of nitrogens with zero attached hydrogens (tertiary/aromatic N) is 1. The van der Waals surface area contributed by atoms with E-state index < -0.39 is 16.1 Å². The molecule has 3 rings (SSSR count). The van der Waals surface area contributed by atoms with Gasteiger partial charge in [-0.15, -0.1) is 0 Å². The molecule has 6 heteroatoms. The Labute approximate surface area is 144 Å². The third kappa shape index (κ3) is 3.11. The maximum atomic E-state index is 12.9. The Balaban J connectivity index is 2.01. The zero-order valence-corrected chi connectivity index (χ0v) is 15.0. The van der Waals surface area contributed by atoms with Gasteiger partial charge in [0.05, 0.1) is 4.90 Å². The van der Waals surface area contributed by atoms with E-state index in [1.54, 1.807) is 36.4 Å². The molecule has 1 saturated heterocycles. The van der Waals surface area contributed by atoms with Crippen LogP contribution in [0.5, 0.6) is 0 Å². The molecule has 0 N–H and O–H groups in total. The van der Waals surface area contributed by atoms with Gasteiger partial charge in [0.1, 0.15) is 6.04 Å². The summed E-state index contributed by atoms with van der Waals surface area (Å²) in [6.07, 6.45) is 0.242. The molecule has 0 radical (unpaired) electrons. The fourth-order valence-corrected chi connectivity index (χ4v) is 4.61. The summed E-state index contributed by atoms with van der Waals surface area (Å²) in [6.45, 7) is 2.12. The average Bonchev–Trinajstić information content (AvgIpc) is 2.91. The minimum absolute atomic E-state index is 0.0667. The lowest BCUT2D eigenvalue weighted by atomic mass is 10.0. The number of hydrogen-bond donors (Lipinski definition) is 0. The summed E-state index contributed by atoms with van der Waals surface area (Å²) >= 11 is 3.35. The lowest BCUT2D eigenvalue weighted by Crippen LogP contribution is -2.32. The predicted octanol–water partition coefficient (Wildman–Crippen LogP) is 3.46. The van der Waals surface area contributed by atoms with E-state index in [9.17, 15) is 13.2 Å². The first kappa shape index (κ1) is 16.4. The molecule has 0 bridgehead atoms. The highest BCUT2D eigenvalue weighted by Gasteiger charge is 2.41. The summed E-state index contributed by atoms with van der Waals surface area (Å²) in [7, 11) is -3.70. The SMILES string of the molecule is Cc1ccc(S(=O)(=O)N2CCC(=O)[C@@H]2c2ccc(Br)cc2)cc1. The van der Waals surface area contributed by atoms with Gasteiger partial charge in [0, 0.05) is 17.4 Å². The zero-order valence-electron chi connectivity index (χ0n) is 12.6. The number of rotatable bonds is 3. The second-order valence-electron chi connectivity index (χ2n) is 5.60. The first-order valence-corrected chi connectivity index (χ1v) is 9.49. The number of hydrogen-bond acceptors (Lipinski definition) is 3. The summed E-state index contributed by atoms with van der Waals surface area (Å²) in [6, 6.07) is 13.2. The van der Waals surface area contributed by atoms with Crippen LogP contribution < -0.4 is 0 Å². The molecule has 0 unspecified atom stereocenters. The van der Waals surface area contributed by atoms with Gasteiger partial charge in [0.2, 0.25) is 10.0 Å². The van der Waals surface area contributed by atoms with Crippen LogP contribution in [0.25, 0.3) is 0 Å². The Bertz CT molecular complexity index is 829. The number of halogens is 1. The molecule has 0 spiro atoms. The van der Waals surface area contributed by atoms with E-state index in [0.717, 1.165) is 10.0 Å². The third-order valence-corrected chi connectivity index (χ3v) is 6.39. The molecule has 2 aromatic rings. The van der Waals surface area contributed by atoms with Gasteiger partial charge in [-0.2, -0.15) is 4.31 Å². The second kappa shape index (κ2) is 6.19. The Kier molecular flexibility index (Phi) is 4.40. The minimum Gasteiger partial charge on any atom is -0.297 e. The van der Waals surface area contributed by atoms with Gasteiger partial charge in [0.25, 0.3) is 0 Å². The molecule has 120 valence electrons. The van der Waals surface area contributed by atoms with E-state index in [-0.39, 0.29) is 23.6 Å². The van der Waals surface area contributed by atoms with E-state index in [0.29, 0.717) is 5.56 Å². The number of aryl methyl sites for hydroxylation is 1. The van der Waals surface area contributed by atoms with Crippen molar-refractivity contribution in [3.05, 3.63) is 64.1 Å². The van der Waals surface area contributed by atoms with Crippen molar-refractivity contribution in [1.82, 2.24) is 4.31 Å². The summed E-state index contributed by atoms with van der Waals surface area (Å²) in [5.41, 5.74) is 1.69. The molecule has 1 fully saturated rings. The van der Waals surface area contributed by atoms with Crippen LogP contribution in [0.15, 0.2) is 57.9 Å². The standard InChI is InChI=1S/C17H16BrNO3S/c1-12-2-8-15(9-3-12)23(21,22)19-11-10-16(20)17(19)13-4-6-14(18)7-5-13/h2-9,17H,10-11H2,1H3/t17-/m0/s1. The van der Waals surface area contributed by atoms with Crippen LogP contribution in [0, 0.1) is 6.92 Å². The van der Waals surface area contributed by atoms with Crippen LogP contribution in [0.4, 0.5) is 0 Å². The van der Waals surface area contributed by atoms with Crippen molar-refractivity contribution >= 4 is 31.7 Å². The van der Waals surface area contributed by atoms with Crippen LogP contribution in [0.2, 0.25) is 0 Å². The first-order valence-electron chi connectivity index (χ1n) is 7.26. The highest BCUT2D eigenvalue weighted by Crippen LogP contribution is 2.34. The zero-order chi connectivity index (χ0) is 16.6. The van der Waals surface area contributed by atoms with E-state index in [4.69, 9.17) is 0 Å². The molecule has 1 aliphatic rings. The first-order chi connectivity index (χ1) is 10.9. The van der Waals surface area contributed by atoms with Crippen molar-refractivity contribution in [3.8, 4) is 0 Å². The van der Waals surface area contributed by atoms with Gasteiger partial charge < -0.3 is 0 Å². The smallest absolute Gasteiger partial charge is 0.244 e. The van der Waals surface area contributed by atoms with E-state index in [2.05, 4.69) is 15.9 Å². The predicted molar refractivity (Wildman–Crippen MR) is 91.6 cm³/mol. The summed E-state index contributed by atoms with van der Waals surface area (Å²) in [5.74, 6) is -0.0667. The van der Waals surface area contributed by atoms with Gasteiger partial charge in [-0.1, -0.05) is 45.8 Å². The fourth-order valence-electron chi connectivity index (χ4n) is 2.75.